The fourth-order valence-electron chi connectivity index (χ4n) is 2.92. The van der Waals surface area contributed by atoms with Gasteiger partial charge in [0.1, 0.15) is 0 Å². The molecule has 102 valence electrons. The zero-order valence-electron chi connectivity index (χ0n) is 10.9. The van der Waals surface area contributed by atoms with E-state index in [1.54, 1.807) is 0 Å². The van der Waals surface area contributed by atoms with Crippen molar-refractivity contribution in [2.24, 2.45) is 0 Å². The Balaban J connectivity index is 2.29. The van der Waals surface area contributed by atoms with Crippen LogP contribution in [0.3, 0.4) is 0 Å². The zero-order valence-corrected chi connectivity index (χ0v) is 12.6. The molecule has 1 aliphatic heterocycles. The van der Waals surface area contributed by atoms with Crippen molar-refractivity contribution in [3.63, 3.8) is 0 Å². The van der Waals surface area contributed by atoms with Gasteiger partial charge in [0.15, 0.2) is 14.6 Å². The highest BCUT2D eigenvalue weighted by Gasteiger charge is 2.41. The Hall–Kier alpha value is -1.14. The van der Waals surface area contributed by atoms with Gasteiger partial charge >= 0.3 is 0 Å². The van der Waals surface area contributed by atoms with Crippen LogP contribution in [-0.4, -0.2) is 29.5 Å². The second-order valence-corrected chi connectivity index (χ2v) is 8.20. The van der Waals surface area contributed by atoms with Crippen molar-refractivity contribution in [1.29, 1.82) is 0 Å². The average molecular weight is 296 g/mol. The summed E-state index contributed by atoms with van der Waals surface area (Å²) in [4.78, 5) is 3.17. The third-order valence-electron chi connectivity index (χ3n) is 3.86. The lowest BCUT2D eigenvalue weighted by molar-refractivity contribution is 0.372. The molecular weight excluding hydrogens is 280 g/mol. The van der Waals surface area contributed by atoms with Gasteiger partial charge in [0.25, 0.3) is 0 Å². The molecular formula is C13H16N2O2S2. The first kappa shape index (κ1) is 12.9. The standard InChI is InChI=1S/C13H16N2O2S2/c1-9-3-4-10-11(7-9)15(12(18)14-10)13(2)5-6-19(16,17)8-13/h3-4,7H,5-6,8H2,1-2H3,(H,14,18). The Labute approximate surface area is 117 Å². The number of aromatic nitrogens is 2. The van der Waals surface area contributed by atoms with Gasteiger partial charge in [-0.15, -0.1) is 0 Å². The molecule has 4 nitrogen and oxygen atoms in total. The van der Waals surface area contributed by atoms with Crippen LogP contribution in [0.5, 0.6) is 0 Å². The number of nitrogens with one attached hydrogen (secondary N) is 1. The third kappa shape index (κ3) is 2.03. The van der Waals surface area contributed by atoms with Crippen molar-refractivity contribution >= 4 is 33.1 Å². The molecule has 1 aromatic carbocycles. The van der Waals surface area contributed by atoms with E-state index in [4.69, 9.17) is 12.2 Å². The molecule has 0 saturated carbocycles. The average Bonchev–Trinajstić information content (AvgIpc) is 2.75. The van der Waals surface area contributed by atoms with Crippen LogP contribution >= 0.6 is 12.2 Å². The Morgan fingerprint density at radius 2 is 2.16 bits per heavy atom. The molecule has 0 amide bonds. The summed E-state index contributed by atoms with van der Waals surface area (Å²) in [5.41, 5.74) is 2.65. The SMILES string of the molecule is Cc1ccc2[nH]c(=S)n(C3(C)CCS(=O)(=O)C3)c2c1. The predicted molar refractivity (Wildman–Crippen MR) is 78.8 cm³/mol. The van der Waals surface area contributed by atoms with Gasteiger partial charge in [-0.25, -0.2) is 8.42 Å². The number of nitrogens with zero attached hydrogens (tertiary/aromatic N) is 1. The number of hydrogen-bond donors (Lipinski definition) is 1. The van der Waals surface area contributed by atoms with Crippen LogP contribution in [0.2, 0.25) is 0 Å². The first-order chi connectivity index (χ1) is 8.81. The van der Waals surface area contributed by atoms with Crippen molar-refractivity contribution in [3.8, 4) is 0 Å². The van der Waals surface area contributed by atoms with E-state index in [-0.39, 0.29) is 11.5 Å². The van der Waals surface area contributed by atoms with Gasteiger partial charge < -0.3 is 9.55 Å². The highest BCUT2D eigenvalue weighted by atomic mass is 32.2. The maximum absolute atomic E-state index is 11.8. The molecule has 0 bridgehead atoms. The van der Waals surface area contributed by atoms with E-state index in [1.165, 1.54) is 0 Å². The maximum Gasteiger partial charge on any atom is 0.178 e. The summed E-state index contributed by atoms with van der Waals surface area (Å²) in [5, 5.41) is 0. The van der Waals surface area contributed by atoms with Gasteiger partial charge in [-0.2, -0.15) is 0 Å². The minimum atomic E-state index is -2.96. The molecule has 1 saturated heterocycles. The summed E-state index contributed by atoms with van der Waals surface area (Å²) in [7, 11) is -2.96. The van der Waals surface area contributed by atoms with E-state index in [9.17, 15) is 8.42 Å². The van der Waals surface area contributed by atoms with E-state index < -0.39 is 15.4 Å². The van der Waals surface area contributed by atoms with Crippen LogP contribution in [-0.2, 0) is 15.4 Å². The van der Waals surface area contributed by atoms with Crippen molar-refractivity contribution in [1.82, 2.24) is 9.55 Å². The van der Waals surface area contributed by atoms with Crippen molar-refractivity contribution in [3.05, 3.63) is 28.5 Å². The van der Waals surface area contributed by atoms with Crippen LogP contribution < -0.4 is 0 Å². The molecule has 0 spiro atoms. The number of sulfone groups is 1. The molecule has 3 rings (SSSR count). The Morgan fingerprint density at radius 3 is 2.79 bits per heavy atom. The monoisotopic (exact) mass is 296 g/mol. The van der Waals surface area contributed by atoms with E-state index in [0.717, 1.165) is 16.6 Å². The Bertz CT molecular complexity index is 817. The quantitative estimate of drug-likeness (QED) is 0.823. The number of aryl methyl sites for hydroxylation is 1. The molecule has 1 atom stereocenters. The number of imidazole rings is 1. The number of fused-ring (bicyclic) bond motifs is 1. The van der Waals surface area contributed by atoms with Gasteiger partial charge in [0.2, 0.25) is 0 Å². The normalized spacial score (nSPS) is 26.0. The van der Waals surface area contributed by atoms with Gasteiger partial charge in [-0.3, -0.25) is 0 Å². The van der Waals surface area contributed by atoms with Crippen LogP contribution in [0.1, 0.15) is 18.9 Å². The number of rotatable bonds is 1. The predicted octanol–water partition coefficient (Wildman–Crippen LogP) is 2.54. The van der Waals surface area contributed by atoms with E-state index in [0.29, 0.717) is 11.2 Å². The molecule has 19 heavy (non-hydrogen) atoms. The first-order valence-electron chi connectivity index (χ1n) is 6.23. The second-order valence-electron chi connectivity index (χ2n) is 5.63. The summed E-state index contributed by atoms with van der Waals surface area (Å²) < 4.78 is 26.2. The van der Waals surface area contributed by atoms with Crippen LogP contribution in [0.15, 0.2) is 18.2 Å². The smallest absolute Gasteiger partial charge is 0.178 e. The van der Waals surface area contributed by atoms with E-state index in [2.05, 4.69) is 11.1 Å². The third-order valence-corrected chi connectivity index (χ3v) is 6.03. The van der Waals surface area contributed by atoms with Crippen LogP contribution in [0.25, 0.3) is 11.0 Å². The number of H-pyrrole nitrogens is 1. The Kier molecular flexibility index (Phi) is 2.66. The number of hydrogen-bond acceptors (Lipinski definition) is 3. The van der Waals surface area contributed by atoms with Gasteiger partial charge in [-0.05, 0) is 50.2 Å². The molecule has 1 aliphatic rings. The van der Waals surface area contributed by atoms with E-state index >= 15 is 0 Å². The fraction of sp³-hybridized carbons (Fsp3) is 0.462. The summed E-state index contributed by atoms with van der Waals surface area (Å²) in [6.07, 6.45) is 0.616. The summed E-state index contributed by atoms with van der Waals surface area (Å²) in [6.45, 7) is 4.00. The molecule has 2 aromatic rings. The van der Waals surface area contributed by atoms with Crippen molar-refractivity contribution in [2.75, 3.05) is 11.5 Å². The molecule has 1 unspecified atom stereocenters. The molecule has 1 aromatic heterocycles. The topological polar surface area (TPSA) is 54.9 Å². The van der Waals surface area contributed by atoms with Crippen molar-refractivity contribution in [2.45, 2.75) is 25.8 Å². The Morgan fingerprint density at radius 1 is 1.42 bits per heavy atom. The first-order valence-corrected chi connectivity index (χ1v) is 8.46. The van der Waals surface area contributed by atoms with E-state index in [1.807, 2.05) is 30.5 Å². The second kappa shape index (κ2) is 3.93. The molecule has 6 heteroatoms. The van der Waals surface area contributed by atoms with Crippen LogP contribution in [0.4, 0.5) is 0 Å². The summed E-state index contributed by atoms with van der Waals surface area (Å²) in [5.74, 6) is 0.402. The van der Waals surface area contributed by atoms with Crippen LogP contribution in [0, 0.1) is 11.7 Å². The lowest BCUT2D eigenvalue weighted by Gasteiger charge is -2.25. The number of aromatic amines is 1. The molecule has 0 aliphatic carbocycles. The summed E-state index contributed by atoms with van der Waals surface area (Å²) in [6, 6.07) is 6.06. The zero-order chi connectivity index (χ0) is 13.8. The lowest BCUT2D eigenvalue weighted by Crippen LogP contribution is -2.31. The highest BCUT2D eigenvalue weighted by Crippen LogP contribution is 2.34. The summed E-state index contributed by atoms with van der Waals surface area (Å²) >= 11 is 5.39. The van der Waals surface area contributed by atoms with Gasteiger partial charge in [0, 0.05) is 0 Å². The highest BCUT2D eigenvalue weighted by molar-refractivity contribution is 7.91. The minimum Gasteiger partial charge on any atom is -0.331 e. The molecule has 2 heterocycles. The van der Waals surface area contributed by atoms with Gasteiger partial charge in [-0.1, -0.05) is 6.07 Å². The maximum atomic E-state index is 11.8. The minimum absolute atomic E-state index is 0.162. The number of benzene rings is 1. The molecule has 1 fully saturated rings. The fourth-order valence-corrected chi connectivity index (χ4v) is 5.46. The van der Waals surface area contributed by atoms with Gasteiger partial charge in [0.05, 0.1) is 28.1 Å². The molecule has 1 N–H and O–H groups in total. The largest absolute Gasteiger partial charge is 0.331 e. The molecule has 0 radical (unpaired) electrons. The van der Waals surface area contributed by atoms with Crippen molar-refractivity contribution < 1.29 is 8.42 Å². The lowest BCUT2D eigenvalue weighted by atomic mass is 10.0.